The second kappa shape index (κ2) is 6.29. The molecule has 1 aliphatic heterocycles. The maximum absolute atomic E-state index is 6.44. The lowest BCUT2D eigenvalue weighted by molar-refractivity contribution is 0.431. The Morgan fingerprint density at radius 2 is 1.96 bits per heavy atom. The molecule has 0 spiro atoms. The molecule has 4 nitrogen and oxygen atoms in total. The van der Waals surface area contributed by atoms with Crippen molar-refractivity contribution in [2.24, 2.45) is 0 Å². The number of aryl methyl sites for hydroxylation is 1. The van der Waals surface area contributed by atoms with Gasteiger partial charge in [-0.1, -0.05) is 61.0 Å². The van der Waals surface area contributed by atoms with Crippen molar-refractivity contribution in [1.82, 2.24) is 14.8 Å². The predicted octanol–water partition coefficient (Wildman–Crippen LogP) is 4.64. The number of fused-ring (bicyclic) bond motifs is 1. The highest BCUT2D eigenvalue weighted by molar-refractivity contribution is 6.31. The van der Waals surface area contributed by atoms with E-state index in [9.17, 15) is 0 Å². The van der Waals surface area contributed by atoms with E-state index in [1.807, 2.05) is 22.9 Å². The van der Waals surface area contributed by atoms with Gasteiger partial charge in [0, 0.05) is 5.02 Å². The van der Waals surface area contributed by atoms with E-state index >= 15 is 0 Å². The number of hydrogen-bond acceptors (Lipinski definition) is 3. The van der Waals surface area contributed by atoms with Gasteiger partial charge in [0.25, 0.3) is 0 Å². The van der Waals surface area contributed by atoms with Crippen molar-refractivity contribution < 1.29 is 0 Å². The molecule has 24 heavy (non-hydrogen) atoms. The molecule has 2 atom stereocenters. The van der Waals surface area contributed by atoms with E-state index in [-0.39, 0.29) is 12.1 Å². The summed E-state index contributed by atoms with van der Waals surface area (Å²) in [5.74, 6) is 0.788. The molecule has 0 aliphatic carbocycles. The van der Waals surface area contributed by atoms with Crippen molar-refractivity contribution in [1.29, 1.82) is 0 Å². The number of halogens is 1. The van der Waals surface area contributed by atoms with Crippen molar-refractivity contribution in [2.75, 3.05) is 5.32 Å². The minimum absolute atomic E-state index is 0.0771. The Balaban J connectivity index is 1.72. The minimum Gasteiger partial charge on any atom is -0.348 e. The summed E-state index contributed by atoms with van der Waals surface area (Å²) in [5, 5.41) is 8.66. The van der Waals surface area contributed by atoms with Crippen LogP contribution in [0.5, 0.6) is 0 Å². The van der Waals surface area contributed by atoms with Gasteiger partial charge < -0.3 is 5.32 Å². The highest BCUT2D eigenvalue weighted by atomic mass is 35.5. The summed E-state index contributed by atoms with van der Waals surface area (Å²) >= 11 is 6.44. The number of hydrogen-bond donors (Lipinski definition) is 1. The molecular weight excluding hydrogens is 320 g/mol. The second-order valence-electron chi connectivity index (χ2n) is 6.09. The smallest absolute Gasteiger partial charge is 0.222 e. The SMILES string of the molecule is CCc1ccc([C@@H]2C[C@@H](c3ccccc3Cl)n3ncnc3N2)cc1. The summed E-state index contributed by atoms with van der Waals surface area (Å²) in [4.78, 5) is 4.37. The van der Waals surface area contributed by atoms with Gasteiger partial charge >= 0.3 is 0 Å². The van der Waals surface area contributed by atoms with Gasteiger partial charge in [-0.25, -0.2) is 4.68 Å². The molecule has 1 N–H and O–H groups in total. The van der Waals surface area contributed by atoms with Crippen LogP contribution in [0.1, 0.15) is 42.1 Å². The van der Waals surface area contributed by atoms with Crippen molar-refractivity contribution in [2.45, 2.75) is 31.8 Å². The van der Waals surface area contributed by atoms with E-state index < -0.39 is 0 Å². The van der Waals surface area contributed by atoms with Crippen LogP contribution in [0.15, 0.2) is 54.9 Å². The van der Waals surface area contributed by atoms with Gasteiger partial charge in [0.05, 0.1) is 12.1 Å². The highest BCUT2D eigenvalue weighted by Crippen LogP contribution is 2.39. The number of benzene rings is 2. The molecule has 4 rings (SSSR count). The molecule has 3 aromatic rings. The van der Waals surface area contributed by atoms with Crippen molar-refractivity contribution in [3.63, 3.8) is 0 Å². The molecule has 0 saturated carbocycles. The van der Waals surface area contributed by atoms with E-state index in [2.05, 4.69) is 52.7 Å². The van der Waals surface area contributed by atoms with Crippen LogP contribution in [0.3, 0.4) is 0 Å². The Labute approximate surface area is 146 Å². The van der Waals surface area contributed by atoms with Crippen molar-refractivity contribution in [3.8, 4) is 0 Å². The fourth-order valence-electron chi connectivity index (χ4n) is 3.33. The lowest BCUT2D eigenvalue weighted by Gasteiger charge is -2.32. The average Bonchev–Trinajstić information content (AvgIpc) is 3.10. The molecule has 0 fully saturated rings. The molecule has 0 unspecified atom stereocenters. The van der Waals surface area contributed by atoms with Gasteiger partial charge in [-0.15, -0.1) is 0 Å². The zero-order chi connectivity index (χ0) is 16.5. The molecule has 0 radical (unpaired) electrons. The monoisotopic (exact) mass is 338 g/mol. The zero-order valence-corrected chi connectivity index (χ0v) is 14.2. The first-order valence-electron chi connectivity index (χ1n) is 8.25. The van der Waals surface area contributed by atoms with Gasteiger partial charge in [-0.2, -0.15) is 10.1 Å². The Bertz CT molecular complexity index is 841. The van der Waals surface area contributed by atoms with Crippen LogP contribution in [0, 0.1) is 0 Å². The third-order valence-electron chi connectivity index (χ3n) is 4.69. The molecule has 2 aromatic carbocycles. The molecule has 5 heteroatoms. The van der Waals surface area contributed by atoms with Gasteiger partial charge in [-0.3, -0.25) is 0 Å². The van der Waals surface area contributed by atoms with Crippen LogP contribution in [0.25, 0.3) is 0 Å². The molecule has 122 valence electrons. The molecular formula is C19H19ClN4. The highest BCUT2D eigenvalue weighted by Gasteiger charge is 2.30. The molecule has 0 saturated heterocycles. The molecule has 1 aromatic heterocycles. The molecule has 2 heterocycles. The summed E-state index contributed by atoms with van der Waals surface area (Å²) in [6.45, 7) is 2.17. The maximum Gasteiger partial charge on any atom is 0.222 e. The van der Waals surface area contributed by atoms with Crippen molar-refractivity contribution in [3.05, 3.63) is 76.6 Å². The van der Waals surface area contributed by atoms with Gasteiger partial charge in [0.15, 0.2) is 0 Å². The summed E-state index contributed by atoms with van der Waals surface area (Å²) in [5.41, 5.74) is 3.70. The summed E-state index contributed by atoms with van der Waals surface area (Å²) in [6, 6.07) is 17.0. The summed E-state index contributed by atoms with van der Waals surface area (Å²) in [6.07, 6.45) is 3.52. The number of anilines is 1. The number of rotatable bonds is 3. The van der Waals surface area contributed by atoms with Crippen molar-refractivity contribution >= 4 is 17.5 Å². The third-order valence-corrected chi connectivity index (χ3v) is 5.03. The number of nitrogens with one attached hydrogen (secondary N) is 1. The fraction of sp³-hybridized carbons (Fsp3) is 0.263. The van der Waals surface area contributed by atoms with Gasteiger partial charge in [0.2, 0.25) is 5.95 Å². The molecule has 0 bridgehead atoms. The van der Waals surface area contributed by atoms with E-state index in [0.717, 1.165) is 29.4 Å². The average molecular weight is 339 g/mol. The third kappa shape index (κ3) is 2.67. The Morgan fingerprint density at radius 1 is 1.17 bits per heavy atom. The summed E-state index contributed by atoms with van der Waals surface area (Å²) in [7, 11) is 0. The topological polar surface area (TPSA) is 42.7 Å². The normalized spacial score (nSPS) is 19.6. The zero-order valence-electron chi connectivity index (χ0n) is 13.5. The Hall–Kier alpha value is -2.33. The second-order valence-corrected chi connectivity index (χ2v) is 6.50. The van der Waals surface area contributed by atoms with Crippen LogP contribution < -0.4 is 5.32 Å². The van der Waals surface area contributed by atoms with Gasteiger partial charge in [-0.05, 0) is 35.6 Å². The Kier molecular flexibility index (Phi) is 3.98. The first-order valence-corrected chi connectivity index (χ1v) is 8.63. The van der Waals surface area contributed by atoms with E-state index in [1.165, 1.54) is 11.1 Å². The number of aromatic nitrogens is 3. The van der Waals surface area contributed by atoms with Crippen LogP contribution >= 0.6 is 11.6 Å². The predicted molar refractivity (Wildman–Crippen MR) is 96.4 cm³/mol. The summed E-state index contributed by atoms with van der Waals surface area (Å²) < 4.78 is 1.93. The molecule has 0 amide bonds. The lowest BCUT2D eigenvalue weighted by atomic mass is 9.93. The van der Waals surface area contributed by atoms with Crippen LogP contribution in [0.2, 0.25) is 5.02 Å². The van der Waals surface area contributed by atoms with Crippen LogP contribution in [0.4, 0.5) is 5.95 Å². The lowest BCUT2D eigenvalue weighted by Crippen LogP contribution is -2.28. The first-order chi connectivity index (χ1) is 11.8. The van der Waals surface area contributed by atoms with Crippen LogP contribution in [-0.4, -0.2) is 14.8 Å². The first kappa shape index (κ1) is 15.2. The largest absolute Gasteiger partial charge is 0.348 e. The Morgan fingerprint density at radius 3 is 2.71 bits per heavy atom. The number of nitrogens with zero attached hydrogens (tertiary/aromatic N) is 3. The van der Waals surface area contributed by atoms with Gasteiger partial charge in [0.1, 0.15) is 6.33 Å². The van der Waals surface area contributed by atoms with E-state index in [1.54, 1.807) is 6.33 Å². The maximum atomic E-state index is 6.44. The minimum atomic E-state index is 0.0771. The van der Waals surface area contributed by atoms with E-state index in [0.29, 0.717) is 0 Å². The standard InChI is InChI=1S/C19H19ClN4/c1-2-13-7-9-14(10-8-13)17-11-18(15-5-3-4-6-16(15)20)24-19(23-17)21-12-22-24/h3-10,12,17-18H,2,11H2,1H3,(H,21,22,23)/t17-,18-/m0/s1. The fourth-order valence-corrected chi connectivity index (χ4v) is 3.59. The quantitative estimate of drug-likeness (QED) is 0.756. The van der Waals surface area contributed by atoms with Crippen LogP contribution in [-0.2, 0) is 6.42 Å². The van der Waals surface area contributed by atoms with E-state index in [4.69, 9.17) is 11.6 Å². The molecule has 1 aliphatic rings.